The van der Waals surface area contributed by atoms with Crippen molar-refractivity contribution in [3.8, 4) is 11.5 Å². The second kappa shape index (κ2) is 8.08. The van der Waals surface area contributed by atoms with Gasteiger partial charge >= 0.3 is 0 Å². The first-order chi connectivity index (χ1) is 13.9. The molecule has 1 aliphatic heterocycles. The van der Waals surface area contributed by atoms with Crippen LogP contribution in [-0.2, 0) is 16.1 Å². The number of carbonyl (C=O) groups excluding carboxylic acids is 2. The van der Waals surface area contributed by atoms with Crippen LogP contribution in [0.1, 0.15) is 32.6 Å². The van der Waals surface area contributed by atoms with Crippen molar-refractivity contribution in [2.45, 2.75) is 39.3 Å². The number of quaternary nitrogens is 1. The molecule has 4 rings (SSSR count). The van der Waals surface area contributed by atoms with Gasteiger partial charge in [-0.3, -0.25) is 9.59 Å². The number of likely N-dealkylation sites (tertiary alicyclic amines) is 1. The third kappa shape index (κ3) is 3.97. The van der Waals surface area contributed by atoms with Gasteiger partial charge in [0.15, 0.2) is 13.2 Å². The fraction of sp³-hybridized carbons (Fsp3) is 0.429. The molecule has 8 heteroatoms. The van der Waals surface area contributed by atoms with E-state index in [2.05, 4.69) is 10.2 Å². The summed E-state index contributed by atoms with van der Waals surface area (Å²) >= 11 is 5.92. The summed E-state index contributed by atoms with van der Waals surface area (Å²) in [5.41, 5.74) is 0.792. The summed E-state index contributed by atoms with van der Waals surface area (Å²) in [5.74, 6) is 0.355. The molecule has 2 heterocycles. The van der Waals surface area contributed by atoms with Crippen molar-refractivity contribution in [1.82, 2.24) is 15.1 Å². The molecule has 0 spiro atoms. The average molecular weight is 416 g/mol. The van der Waals surface area contributed by atoms with Crippen LogP contribution in [0, 0.1) is 11.8 Å². The predicted molar refractivity (Wildman–Crippen MR) is 107 cm³/mol. The molecular formula is C21H24ClN4O3+. The Hall–Kier alpha value is -2.51. The number of benzene rings is 1. The van der Waals surface area contributed by atoms with Crippen molar-refractivity contribution in [2.24, 2.45) is 11.8 Å². The number of amides is 2. The van der Waals surface area contributed by atoms with Gasteiger partial charge in [0, 0.05) is 10.6 Å². The third-order valence-corrected chi connectivity index (χ3v) is 5.96. The number of allylic oxidation sites excluding steroid dienone is 2. The highest BCUT2D eigenvalue weighted by atomic mass is 35.5. The Kier molecular flexibility index (Phi) is 5.52. The maximum atomic E-state index is 12.8. The number of fused-ring (bicyclic) bond motifs is 1. The lowest BCUT2D eigenvalue weighted by atomic mass is 9.85. The monoisotopic (exact) mass is 415 g/mol. The quantitative estimate of drug-likeness (QED) is 0.577. The Morgan fingerprint density at radius 2 is 1.72 bits per heavy atom. The number of hydrogen-bond acceptors (Lipinski definition) is 5. The number of hydrogen-bond donors (Lipinski definition) is 1. The zero-order valence-corrected chi connectivity index (χ0v) is 17.2. The van der Waals surface area contributed by atoms with E-state index in [0.29, 0.717) is 42.9 Å². The SMILES string of the molecule is CC(C)[NH+](Cc1nnc(-c2ccc(Cl)cc2)o1)CN1C(=O)[C@H]2CC=CC[C@H]2C1=O. The number of halogens is 1. The minimum absolute atomic E-state index is 0.0603. The van der Waals surface area contributed by atoms with Crippen molar-refractivity contribution < 1.29 is 18.9 Å². The molecule has 1 fully saturated rings. The van der Waals surface area contributed by atoms with Gasteiger partial charge in [0.05, 0.1) is 17.9 Å². The van der Waals surface area contributed by atoms with Gasteiger partial charge in [0.2, 0.25) is 17.7 Å². The second-order valence-corrected chi connectivity index (χ2v) is 8.35. The van der Waals surface area contributed by atoms with E-state index in [1.807, 2.05) is 38.1 Å². The van der Waals surface area contributed by atoms with Crippen LogP contribution in [0.3, 0.4) is 0 Å². The summed E-state index contributed by atoms with van der Waals surface area (Å²) in [4.78, 5) is 28.0. The fourth-order valence-electron chi connectivity index (χ4n) is 3.90. The van der Waals surface area contributed by atoms with E-state index in [-0.39, 0.29) is 29.7 Å². The van der Waals surface area contributed by atoms with E-state index in [4.69, 9.17) is 16.0 Å². The molecule has 1 N–H and O–H groups in total. The van der Waals surface area contributed by atoms with Crippen LogP contribution in [0.25, 0.3) is 11.5 Å². The number of aromatic nitrogens is 2. The lowest BCUT2D eigenvalue weighted by Gasteiger charge is -2.26. The van der Waals surface area contributed by atoms with E-state index in [1.54, 1.807) is 12.1 Å². The van der Waals surface area contributed by atoms with Crippen LogP contribution in [0.5, 0.6) is 0 Å². The first kappa shape index (κ1) is 19.8. The zero-order chi connectivity index (χ0) is 20.5. The second-order valence-electron chi connectivity index (χ2n) is 7.92. The van der Waals surface area contributed by atoms with Gasteiger partial charge in [-0.05, 0) is 51.0 Å². The van der Waals surface area contributed by atoms with Gasteiger partial charge in [-0.2, -0.15) is 0 Å². The number of nitrogens with zero attached hydrogens (tertiary/aromatic N) is 3. The Balaban J connectivity index is 1.47. The van der Waals surface area contributed by atoms with E-state index in [1.165, 1.54) is 4.90 Å². The summed E-state index contributed by atoms with van der Waals surface area (Å²) < 4.78 is 5.82. The molecule has 152 valence electrons. The van der Waals surface area contributed by atoms with Gasteiger partial charge < -0.3 is 9.32 Å². The van der Waals surface area contributed by atoms with Crippen molar-refractivity contribution in [2.75, 3.05) is 6.67 Å². The highest BCUT2D eigenvalue weighted by Crippen LogP contribution is 2.34. The highest BCUT2D eigenvalue weighted by molar-refractivity contribution is 6.30. The molecule has 1 aromatic heterocycles. The Labute approximate surface area is 174 Å². The van der Waals surface area contributed by atoms with Crippen LogP contribution >= 0.6 is 11.6 Å². The molecule has 3 atom stereocenters. The molecule has 1 saturated heterocycles. The van der Waals surface area contributed by atoms with Crippen LogP contribution < -0.4 is 4.90 Å². The van der Waals surface area contributed by atoms with Crippen molar-refractivity contribution in [3.63, 3.8) is 0 Å². The van der Waals surface area contributed by atoms with Crippen LogP contribution in [-0.4, -0.2) is 39.6 Å². The highest BCUT2D eigenvalue weighted by Gasteiger charge is 2.48. The maximum absolute atomic E-state index is 12.8. The van der Waals surface area contributed by atoms with Crippen LogP contribution in [0.2, 0.25) is 5.02 Å². The van der Waals surface area contributed by atoms with E-state index in [0.717, 1.165) is 10.5 Å². The van der Waals surface area contributed by atoms with E-state index < -0.39 is 0 Å². The largest absolute Gasteiger partial charge is 0.415 e. The average Bonchev–Trinajstić information content (AvgIpc) is 3.27. The fourth-order valence-corrected chi connectivity index (χ4v) is 4.02. The lowest BCUT2D eigenvalue weighted by Crippen LogP contribution is -3.15. The first-order valence-corrected chi connectivity index (χ1v) is 10.2. The molecule has 7 nitrogen and oxygen atoms in total. The zero-order valence-electron chi connectivity index (χ0n) is 16.5. The normalized spacial score (nSPS) is 22.4. The van der Waals surface area contributed by atoms with Crippen molar-refractivity contribution in [3.05, 3.63) is 47.3 Å². The summed E-state index contributed by atoms with van der Waals surface area (Å²) in [5, 5.41) is 8.91. The van der Waals surface area contributed by atoms with Gasteiger partial charge in [-0.25, -0.2) is 4.90 Å². The van der Waals surface area contributed by atoms with Gasteiger partial charge in [0.1, 0.15) is 0 Å². The van der Waals surface area contributed by atoms with Gasteiger partial charge in [-0.15, -0.1) is 10.2 Å². The lowest BCUT2D eigenvalue weighted by molar-refractivity contribution is -0.943. The van der Waals surface area contributed by atoms with Crippen LogP contribution in [0.4, 0.5) is 0 Å². The Bertz CT molecular complexity index is 912. The molecule has 0 saturated carbocycles. The van der Waals surface area contributed by atoms with Crippen molar-refractivity contribution in [1.29, 1.82) is 0 Å². The summed E-state index contributed by atoms with van der Waals surface area (Å²) in [7, 11) is 0. The van der Waals surface area contributed by atoms with Gasteiger partial charge in [0.25, 0.3) is 5.89 Å². The molecule has 1 unspecified atom stereocenters. The number of imide groups is 1. The third-order valence-electron chi connectivity index (χ3n) is 5.71. The minimum atomic E-state index is -0.208. The minimum Gasteiger partial charge on any atom is -0.415 e. The topological polar surface area (TPSA) is 80.7 Å². The number of rotatable bonds is 6. The molecule has 1 aliphatic carbocycles. The molecule has 0 bridgehead atoms. The standard InChI is InChI=1S/C21H23ClN4O3/c1-13(2)25(12-26-20(27)16-5-3-4-6-17(16)21(26)28)11-18-23-24-19(29-18)14-7-9-15(22)10-8-14/h3-4,7-10,13,16-17H,5-6,11-12H2,1-2H3/p+1/t16-,17+. The molecule has 2 aromatic rings. The smallest absolute Gasteiger partial charge is 0.271 e. The summed E-state index contributed by atoms with van der Waals surface area (Å²) in [6.07, 6.45) is 5.30. The molecule has 2 amide bonds. The molecule has 2 aliphatic rings. The maximum Gasteiger partial charge on any atom is 0.271 e. The summed E-state index contributed by atoms with van der Waals surface area (Å²) in [6, 6.07) is 7.35. The first-order valence-electron chi connectivity index (χ1n) is 9.87. The molecule has 29 heavy (non-hydrogen) atoms. The Morgan fingerprint density at radius 1 is 1.10 bits per heavy atom. The Morgan fingerprint density at radius 3 is 2.31 bits per heavy atom. The van der Waals surface area contributed by atoms with E-state index >= 15 is 0 Å². The van der Waals surface area contributed by atoms with Crippen molar-refractivity contribution >= 4 is 23.4 Å². The molecule has 1 aromatic carbocycles. The predicted octanol–water partition coefficient (Wildman–Crippen LogP) is 2.09. The van der Waals surface area contributed by atoms with Gasteiger partial charge in [-0.1, -0.05) is 23.8 Å². The summed E-state index contributed by atoms with van der Waals surface area (Å²) in [6.45, 7) is 4.83. The number of nitrogens with one attached hydrogen (secondary N) is 1. The van der Waals surface area contributed by atoms with Crippen LogP contribution in [0.15, 0.2) is 40.8 Å². The number of carbonyl (C=O) groups is 2. The molecule has 0 radical (unpaired) electrons. The molecular weight excluding hydrogens is 392 g/mol. The van der Waals surface area contributed by atoms with E-state index in [9.17, 15) is 9.59 Å².